The number of rotatable bonds is 5. The molecule has 0 bridgehead atoms. The average Bonchev–Trinajstić information content (AvgIpc) is 2.27. The van der Waals surface area contributed by atoms with Gasteiger partial charge in [0.1, 0.15) is 0 Å². The summed E-state index contributed by atoms with van der Waals surface area (Å²) in [5, 5.41) is 6.25. The zero-order valence-electron chi connectivity index (χ0n) is 10.4. The fourth-order valence-electron chi connectivity index (χ4n) is 2.43. The van der Waals surface area contributed by atoms with Gasteiger partial charge in [-0.1, -0.05) is 26.7 Å². The van der Waals surface area contributed by atoms with Crippen LogP contribution in [-0.4, -0.2) is 19.6 Å². The molecule has 0 amide bonds. The van der Waals surface area contributed by atoms with Crippen LogP contribution >= 0.6 is 0 Å². The lowest BCUT2D eigenvalue weighted by Crippen LogP contribution is -3.13. The number of hydrogen-bond acceptors (Lipinski definition) is 1. The second kappa shape index (κ2) is 9.98. The Morgan fingerprint density at radius 3 is 2.60 bits per heavy atom. The Kier molecular flexibility index (Phi) is 9.62. The molecule has 0 aromatic rings. The summed E-state index contributed by atoms with van der Waals surface area (Å²) in [6.07, 6.45) is 8.64. The molecule has 2 nitrogen and oxygen atoms in total. The number of piperidine rings is 1. The first-order valence-electron chi connectivity index (χ1n) is 6.39. The molecule has 0 aromatic heterocycles. The first-order chi connectivity index (χ1) is 7.33. The normalized spacial score (nSPS) is 25.3. The summed E-state index contributed by atoms with van der Waals surface area (Å²) in [6, 6.07) is 0. The third kappa shape index (κ3) is 7.39. The van der Waals surface area contributed by atoms with Gasteiger partial charge in [-0.25, -0.2) is 0 Å². The minimum Gasteiger partial charge on any atom is -0.512 e. The van der Waals surface area contributed by atoms with Crippen molar-refractivity contribution >= 4 is 0 Å². The molecule has 15 heavy (non-hydrogen) atoms. The number of quaternary nitrogens is 1. The molecular formula is C13H26N2. The molecule has 0 spiro atoms. The highest BCUT2D eigenvalue weighted by molar-refractivity contribution is 4.55. The van der Waals surface area contributed by atoms with E-state index >= 15 is 0 Å². The van der Waals surface area contributed by atoms with E-state index in [-0.39, 0.29) is 0 Å². The maximum Gasteiger partial charge on any atom is 0.0796 e. The largest absolute Gasteiger partial charge is 0.512 e. The van der Waals surface area contributed by atoms with Crippen molar-refractivity contribution in [2.45, 2.75) is 52.4 Å². The summed E-state index contributed by atoms with van der Waals surface area (Å²) >= 11 is 0. The second-order valence-corrected chi connectivity index (χ2v) is 4.76. The van der Waals surface area contributed by atoms with E-state index < -0.39 is 0 Å². The van der Waals surface area contributed by atoms with Crippen LogP contribution in [0.1, 0.15) is 52.4 Å². The maximum atomic E-state index is 6.25. The molecular weight excluding hydrogens is 184 g/mol. The summed E-state index contributed by atoms with van der Waals surface area (Å²) in [6.45, 7) is 13.8. The number of likely N-dealkylation sites (tertiary alicyclic amines) is 1. The molecule has 1 saturated heterocycles. The molecule has 0 radical (unpaired) electrons. The van der Waals surface area contributed by atoms with E-state index in [0.717, 1.165) is 5.92 Å². The third-order valence-electron chi connectivity index (χ3n) is 3.25. The van der Waals surface area contributed by atoms with Crippen LogP contribution in [0.3, 0.4) is 0 Å². The SMILES string of the molecule is CCCCCC[NH+]1CCCC(C)C1.[C-]#N. The van der Waals surface area contributed by atoms with Crippen LogP contribution in [0, 0.1) is 17.8 Å². The monoisotopic (exact) mass is 210 g/mol. The van der Waals surface area contributed by atoms with Gasteiger partial charge in [-0.05, 0) is 25.7 Å². The maximum absolute atomic E-state index is 6.25. The highest BCUT2D eigenvalue weighted by atomic mass is 15.1. The van der Waals surface area contributed by atoms with E-state index in [9.17, 15) is 0 Å². The Morgan fingerprint density at radius 1 is 1.27 bits per heavy atom. The Balaban J connectivity index is 0.000000921. The van der Waals surface area contributed by atoms with Crippen molar-refractivity contribution in [3.05, 3.63) is 6.57 Å². The minimum atomic E-state index is 0.981. The predicted octanol–water partition coefficient (Wildman–Crippen LogP) is 1.98. The number of hydrogen-bond donors (Lipinski definition) is 1. The van der Waals surface area contributed by atoms with Crippen LogP contribution in [-0.2, 0) is 0 Å². The highest BCUT2D eigenvalue weighted by Gasteiger charge is 2.18. The van der Waals surface area contributed by atoms with Gasteiger partial charge in [0, 0.05) is 5.92 Å². The third-order valence-corrected chi connectivity index (χ3v) is 3.25. The lowest BCUT2D eigenvalue weighted by molar-refractivity contribution is -0.908. The summed E-state index contributed by atoms with van der Waals surface area (Å²) < 4.78 is 0. The molecule has 0 saturated carbocycles. The summed E-state index contributed by atoms with van der Waals surface area (Å²) in [7, 11) is 0. The fraction of sp³-hybridized carbons (Fsp3) is 0.923. The van der Waals surface area contributed by atoms with Crippen LogP contribution in [0.25, 0.3) is 0 Å². The van der Waals surface area contributed by atoms with Crippen LogP contribution in [0.2, 0.25) is 0 Å². The fourth-order valence-corrected chi connectivity index (χ4v) is 2.43. The van der Waals surface area contributed by atoms with Crippen LogP contribution in [0.15, 0.2) is 0 Å². The highest BCUT2D eigenvalue weighted by Crippen LogP contribution is 2.05. The van der Waals surface area contributed by atoms with Gasteiger partial charge in [-0.2, -0.15) is 0 Å². The smallest absolute Gasteiger partial charge is 0.0796 e. The Hall–Kier alpha value is -0.550. The molecule has 1 rings (SSSR count). The molecule has 1 aliphatic rings. The van der Waals surface area contributed by atoms with Crippen molar-refractivity contribution in [1.29, 1.82) is 5.26 Å². The Bertz CT molecular complexity index is 154. The Morgan fingerprint density at radius 2 is 2.00 bits per heavy atom. The van der Waals surface area contributed by atoms with Gasteiger partial charge in [0.25, 0.3) is 0 Å². The van der Waals surface area contributed by atoms with Gasteiger partial charge in [-0.15, -0.1) is 0 Å². The van der Waals surface area contributed by atoms with Gasteiger partial charge in [0.15, 0.2) is 0 Å². The van der Waals surface area contributed by atoms with Crippen LogP contribution < -0.4 is 4.90 Å². The van der Waals surface area contributed by atoms with E-state index in [4.69, 9.17) is 11.8 Å². The van der Waals surface area contributed by atoms with E-state index in [1.165, 1.54) is 58.2 Å². The zero-order valence-corrected chi connectivity index (χ0v) is 10.4. The standard InChI is InChI=1S/C12H25N.CN/c1-3-4-5-6-9-13-10-7-8-12(2)11-13;1-2/h12H,3-11H2,1-2H3;/q;-1/p+1. The van der Waals surface area contributed by atoms with Crippen molar-refractivity contribution in [3.8, 4) is 0 Å². The van der Waals surface area contributed by atoms with Crippen molar-refractivity contribution in [2.75, 3.05) is 19.6 Å². The topological polar surface area (TPSA) is 28.2 Å². The molecule has 2 unspecified atom stereocenters. The molecule has 1 aliphatic heterocycles. The molecule has 1 fully saturated rings. The van der Waals surface area contributed by atoms with Crippen molar-refractivity contribution in [1.82, 2.24) is 0 Å². The lowest BCUT2D eigenvalue weighted by atomic mass is 10.00. The molecule has 1 heterocycles. The second-order valence-electron chi connectivity index (χ2n) is 4.76. The number of nitrogens with one attached hydrogen (secondary N) is 1. The molecule has 2 atom stereocenters. The summed E-state index contributed by atoms with van der Waals surface area (Å²) in [4.78, 5) is 1.87. The molecule has 1 N–H and O–H groups in total. The van der Waals surface area contributed by atoms with E-state index in [1.54, 1.807) is 0 Å². The summed E-state index contributed by atoms with van der Waals surface area (Å²) in [5.74, 6) is 0.981. The van der Waals surface area contributed by atoms with Crippen molar-refractivity contribution in [2.24, 2.45) is 5.92 Å². The van der Waals surface area contributed by atoms with Crippen molar-refractivity contribution < 1.29 is 4.90 Å². The quantitative estimate of drug-likeness (QED) is 0.545. The van der Waals surface area contributed by atoms with E-state index in [1.807, 2.05) is 4.90 Å². The lowest BCUT2D eigenvalue weighted by Gasteiger charge is -2.27. The summed E-state index contributed by atoms with van der Waals surface area (Å²) in [5.41, 5.74) is 0. The van der Waals surface area contributed by atoms with E-state index in [0.29, 0.717) is 0 Å². The van der Waals surface area contributed by atoms with Crippen LogP contribution in [0.4, 0.5) is 0 Å². The van der Waals surface area contributed by atoms with Gasteiger partial charge in [0.2, 0.25) is 0 Å². The first-order valence-corrected chi connectivity index (χ1v) is 6.39. The molecule has 88 valence electrons. The number of nitrogens with zero attached hydrogens (tertiary/aromatic N) is 1. The molecule has 0 aromatic carbocycles. The van der Waals surface area contributed by atoms with Crippen LogP contribution in [0.5, 0.6) is 0 Å². The number of unbranched alkanes of at least 4 members (excludes halogenated alkanes) is 3. The predicted molar refractivity (Wildman–Crippen MR) is 63.1 cm³/mol. The molecule has 2 heteroatoms. The Labute approximate surface area is 95.3 Å². The molecule has 0 aliphatic carbocycles. The first kappa shape index (κ1) is 14.5. The van der Waals surface area contributed by atoms with Gasteiger partial charge >= 0.3 is 0 Å². The van der Waals surface area contributed by atoms with Gasteiger partial charge in [0.05, 0.1) is 19.6 Å². The van der Waals surface area contributed by atoms with Gasteiger partial charge < -0.3 is 16.7 Å². The van der Waals surface area contributed by atoms with E-state index in [2.05, 4.69) is 13.8 Å². The van der Waals surface area contributed by atoms with Crippen molar-refractivity contribution in [3.63, 3.8) is 0 Å². The van der Waals surface area contributed by atoms with Gasteiger partial charge in [-0.3, -0.25) is 0 Å². The zero-order chi connectivity index (χ0) is 11.5. The minimum absolute atomic E-state index is 0.981. The average molecular weight is 210 g/mol.